The van der Waals surface area contributed by atoms with Gasteiger partial charge in [-0.2, -0.15) is 0 Å². The maximum atomic E-state index is 12.5. The molecule has 94 valence electrons. The van der Waals surface area contributed by atoms with Gasteiger partial charge in [0.05, 0.1) is 16.3 Å². The number of sulfone groups is 1. The quantitative estimate of drug-likeness (QED) is 0.810. The summed E-state index contributed by atoms with van der Waals surface area (Å²) in [5, 5.41) is 0. The standard InChI is InChI=1S/C13H14N2O2S/c1-9-4-2-5-10(8-9)18(16,17)13-11(14)6-3-7-12(13)15/h2-8H,14-15H2,1H3. The summed E-state index contributed by atoms with van der Waals surface area (Å²) in [7, 11) is -3.67. The van der Waals surface area contributed by atoms with E-state index in [2.05, 4.69) is 0 Å². The SMILES string of the molecule is Cc1cccc(S(=O)(=O)c2c(N)cccc2N)c1. The van der Waals surface area contributed by atoms with Gasteiger partial charge in [-0.3, -0.25) is 0 Å². The zero-order chi connectivity index (χ0) is 13.3. The van der Waals surface area contributed by atoms with Crippen LogP contribution in [-0.4, -0.2) is 8.42 Å². The topological polar surface area (TPSA) is 86.2 Å². The molecule has 0 spiro atoms. The minimum atomic E-state index is -3.67. The predicted octanol–water partition coefficient (Wildman–Crippen LogP) is 1.99. The van der Waals surface area contributed by atoms with Crippen molar-refractivity contribution in [3.05, 3.63) is 48.0 Å². The van der Waals surface area contributed by atoms with Gasteiger partial charge < -0.3 is 11.5 Å². The normalized spacial score (nSPS) is 11.4. The lowest BCUT2D eigenvalue weighted by atomic mass is 10.2. The van der Waals surface area contributed by atoms with Crippen LogP contribution in [0.15, 0.2) is 52.3 Å². The molecule has 0 aliphatic heterocycles. The average Bonchev–Trinajstić information content (AvgIpc) is 2.28. The van der Waals surface area contributed by atoms with Crippen molar-refractivity contribution < 1.29 is 8.42 Å². The molecule has 0 aliphatic rings. The molecule has 2 aromatic carbocycles. The third-order valence-corrected chi connectivity index (χ3v) is 4.53. The number of anilines is 2. The zero-order valence-electron chi connectivity index (χ0n) is 9.92. The highest BCUT2D eigenvalue weighted by Crippen LogP contribution is 2.30. The van der Waals surface area contributed by atoms with Gasteiger partial charge in [0, 0.05) is 0 Å². The fourth-order valence-electron chi connectivity index (χ4n) is 1.78. The van der Waals surface area contributed by atoms with Crippen LogP contribution in [0, 0.1) is 6.92 Å². The molecule has 18 heavy (non-hydrogen) atoms. The molecule has 0 fully saturated rings. The Kier molecular flexibility index (Phi) is 3.00. The highest BCUT2D eigenvalue weighted by molar-refractivity contribution is 7.91. The lowest BCUT2D eigenvalue weighted by Gasteiger charge is -2.10. The second-order valence-corrected chi connectivity index (χ2v) is 5.97. The first-order valence-electron chi connectivity index (χ1n) is 5.38. The Balaban J connectivity index is 2.70. The van der Waals surface area contributed by atoms with Gasteiger partial charge in [0.2, 0.25) is 9.84 Å². The monoisotopic (exact) mass is 262 g/mol. The van der Waals surface area contributed by atoms with E-state index >= 15 is 0 Å². The molecule has 2 rings (SSSR count). The van der Waals surface area contributed by atoms with Crippen LogP contribution >= 0.6 is 0 Å². The van der Waals surface area contributed by atoms with Crippen molar-refractivity contribution in [1.82, 2.24) is 0 Å². The minimum absolute atomic E-state index is 0.0180. The van der Waals surface area contributed by atoms with E-state index in [-0.39, 0.29) is 21.2 Å². The Bertz CT molecular complexity index is 674. The summed E-state index contributed by atoms with van der Waals surface area (Å²) in [6.07, 6.45) is 0. The van der Waals surface area contributed by atoms with Gasteiger partial charge >= 0.3 is 0 Å². The summed E-state index contributed by atoms with van der Waals surface area (Å²) in [5.74, 6) is 0. The highest BCUT2D eigenvalue weighted by Gasteiger charge is 2.23. The van der Waals surface area contributed by atoms with Crippen LogP contribution in [-0.2, 0) is 9.84 Å². The van der Waals surface area contributed by atoms with E-state index < -0.39 is 9.84 Å². The lowest BCUT2D eigenvalue weighted by molar-refractivity contribution is 0.597. The molecule has 0 unspecified atom stereocenters. The van der Waals surface area contributed by atoms with E-state index in [1.165, 1.54) is 18.2 Å². The summed E-state index contributed by atoms with van der Waals surface area (Å²) in [6, 6.07) is 11.3. The number of hydrogen-bond acceptors (Lipinski definition) is 4. The molecule has 2 aromatic rings. The van der Waals surface area contributed by atoms with Crippen molar-refractivity contribution in [3.8, 4) is 0 Å². The maximum Gasteiger partial charge on any atom is 0.210 e. The number of aryl methyl sites for hydroxylation is 1. The van der Waals surface area contributed by atoms with Gasteiger partial charge in [0.25, 0.3) is 0 Å². The third-order valence-electron chi connectivity index (χ3n) is 2.64. The van der Waals surface area contributed by atoms with Crippen LogP contribution in [0.1, 0.15) is 5.56 Å². The van der Waals surface area contributed by atoms with Gasteiger partial charge in [-0.15, -0.1) is 0 Å². The van der Waals surface area contributed by atoms with E-state index in [4.69, 9.17) is 11.5 Å². The Labute approximate surface area is 106 Å². The Morgan fingerprint density at radius 3 is 2.06 bits per heavy atom. The maximum absolute atomic E-state index is 12.5. The first-order chi connectivity index (χ1) is 8.43. The van der Waals surface area contributed by atoms with Crippen LogP contribution in [0.3, 0.4) is 0 Å². The second-order valence-electron chi connectivity index (χ2n) is 4.09. The number of benzene rings is 2. The van der Waals surface area contributed by atoms with Gasteiger partial charge in [-0.25, -0.2) is 8.42 Å². The molecule has 4 N–H and O–H groups in total. The van der Waals surface area contributed by atoms with E-state index in [1.807, 2.05) is 13.0 Å². The molecule has 0 saturated carbocycles. The largest absolute Gasteiger partial charge is 0.398 e. The summed E-state index contributed by atoms with van der Waals surface area (Å²) in [4.78, 5) is 0.183. The summed E-state index contributed by atoms with van der Waals surface area (Å²) >= 11 is 0. The van der Waals surface area contributed by atoms with Crippen molar-refractivity contribution in [2.75, 3.05) is 11.5 Å². The van der Waals surface area contributed by atoms with E-state index in [0.29, 0.717) is 0 Å². The number of hydrogen-bond donors (Lipinski definition) is 2. The van der Waals surface area contributed by atoms with E-state index in [9.17, 15) is 8.42 Å². The first-order valence-corrected chi connectivity index (χ1v) is 6.87. The molecule has 0 aromatic heterocycles. The predicted molar refractivity (Wildman–Crippen MR) is 71.9 cm³/mol. The van der Waals surface area contributed by atoms with Crippen molar-refractivity contribution in [2.45, 2.75) is 16.7 Å². The fraction of sp³-hybridized carbons (Fsp3) is 0.0769. The van der Waals surface area contributed by atoms with Crippen LogP contribution < -0.4 is 11.5 Å². The Morgan fingerprint density at radius 1 is 0.944 bits per heavy atom. The zero-order valence-corrected chi connectivity index (χ0v) is 10.7. The number of rotatable bonds is 2. The molecule has 4 nitrogen and oxygen atoms in total. The molecule has 0 heterocycles. The van der Waals surface area contributed by atoms with Crippen molar-refractivity contribution in [3.63, 3.8) is 0 Å². The molecule has 5 heteroatoms. The molecule has 0 radical (unpaired) electrons. The van der Waals surface area contributed by atoms with E-state index in [1.54, 1.807) is 18.2 Å². The van der Waals surface area contributed by atoms with Gasteiger partial charge in [0.1, 0.15) is 4.90 Å². The first kappa shape index (κ1) is 12.4. The summed E-state index contributed by atoms with van der Waals surface area (Å²) < 4.78 is 24.9. The summed E-state index contributed by atoms with van der Waals surface area (Å²) in [5.41, 5.74) is 12.6. The second kappa shape index (κ2) is 4.34. The van der Waals surface area contributed by atoms with Crippen LogP contribution in [0.5, 0.6) is 0 Å². The average molecular weight is 262 g/mol. The molecule has 0 amide bonds. The van der Waals surface area contributed by atoms with Gasteiger partial charge in [-0.1, -0.05) is 18.2 Å². The molecule has 0 atom stereocenters. The molecular weight excluding hydrogens is 248 g/mol. The Hall–Kier alpha value is -2.01. The molecule has 0 saturated heterocycles. The molecular formula is C13H14N2O2S. The van der Waals surface area contributed by atoms with Crippen LogP contribution in [0.2, 0.25) is 0 Å². The van der Waals surface area contributed by atoms with Gasteiger partial charge in [-0.05, 0) is 36.8 Å². The molecule has 0 bridgehead atoms. The van der Waals surface area contributed by atoms with Crippen molar-refractivity contribution >= 4 is 21.2 Å². The highest BCUT2D eigenvalue weighted by atomic mass is 32.2. The number of nitrogen functional groups attached to an aromatic ring is 2. The van der Waals surface area contributed by atoms with Crippen LogP contribution in [0.4, 0.5) is 11.4 Å². The van der Waals surface area contributed by atoms with Gasteiger partial charge in [0.15, 0.2) is 0 Å². The third kappa shape index (κ3) is 2.04. The van der Waals surface area contributed by atoms with Crippen molar-refractivity contribution in [2.24, 2.45) is 0 Å². The number of nitrogens with two attached hydrogens (primary N) is 2. The Morgan fingerprint density at radius 2 is 1.50 bits per heavy atom. The van der Waals surface area contributed by atoms with E-state index in [0.717, 1.165) is 5.56 Å². The molecule has 0 aliphatic carbocycles. The lowest BCUT2D eigenvalue weighted by Crippen LogP contribution is -2.09. The minimum Gasteiger partial charge on any atom is -0.398 e. The van der Waals surface area contributed by atoms with Crippen molar-refractivity contribution in [1.29, 1.82) is 0 Å². The smallest absolute Gasteiger partial charge is 0.210 e. The van der Waals surface area contributed by atoms with Crippen LogP contribution in [0.25, 0.3) is 0 Å². The summed E-state index contributed by atoms with van der Waals surface area (Å²) in [6.45, 7) is 1.83. The fourth-order valence-corrected chi connectivity index (χ4v) is 3.38.